The van der Waals surface area contributed by atoms with Crippen molar-refractivity contribution < 1.29 is 49.0 Å². The molecule has 0 saturated heterocycles. The number of nitrogens with zero attached hydrogens (tertiary/aromatic N) is 1. The Balaban J connectivity index is 0.000000107. The Labute approximate surface area is 840 Å². The molecule has 14 aromatic carbocycles. The minimum absolute atomic E-state index is 0.120. The summed E-state index contributed by atoms with van der Waals surface area (Å²) in [6.45, 7) is 13.8. The van der Waals surface area contributed by atoms with Gasteiger partial charge in [-0.15, -0.1) is 0 Å². The van der Waals surface area contributed by atoms with Crippen LogP contribution in [0.4, 0.5) is 0 Å². The zero-order valence-corrected chi connectivity index (χ0v) is 81.2. The molecule has 1 aliphatic rings. The molecule has 0 amide bonds. The van der Waals surface area contributed by atoms with Crippen molar-refractivity contribution in [2.24, 2.45) is 4.99 Å². The zero-order valence-electron chi connectivity index (χ0n) is 80.3. The van der Waals surface area contributed by atoms with Crippen LogP contribution in [0.15, 0.2) is 444 Å². The number of furan rings is 5. The highest BCUT2D eigenvalue weighted by atomic mass is 32.1. The first kappa shape index (κ1) is 93.9. The van der Waals surface area contributed by atoms with Crippen molar-refractivity contribution in [2.75, 3.05) is 7.05 Å². The number of aryl methyl sites for hydroxylation is 5. The average Bonchev–Trinajstić information content (AvgIpc) is 1.60. The molecule has 19 heteroatoms. The predicted octanol–water partition coefficient (Wildman–Crippen LogP) is 30.9. The molecule has 0 radical (unpaired) electrons. The van der Waals surface area contributed by atoms with E-state index in [-0.39, 0.29) is 39.9 Å². The van der Waals surface area contributed by atoms with Gasteiger partial charge in [0.25, 0.3) is 0 Å². The number of hydrogen-bond donors (Lipinski definition) is 1. The van der Waals surface area contributed by atoms with Crippen molar-refractivity contribution in [3.8, 4) is 44.5 Å². The lowest BCUT2D eigenvalue weighted by Gasteiger charge is -2.22. The molecule has 146 heavy (non-hydrogen) atoms. The lowest BCUT2D eigenvalue weighted by molar-refractivity contribution is 0.101. The summed E-state index contributed by atoms with van der Waals surface area (Å²) in [7, 11) is 1.76. The van der Waals surface area contributed by atoms with Crippen LogP contribution in [-0.2, 0) is 0 Å². The van der Waals surface area contributed by atoms with Gasteiger partial charge in [0.1, 0.15) is 73.0 Å². The van der Waals surface area contributed by atoms with E-state index in [9.17, 15) is 28.8 Å². The van der Waals surface area contributed by atoms with Crippen LogP contribution in [0.5, 0.6) is 0 Å². The van der Waals surface area contributed by atoms with Gasteiger partial charge in [-0.1, -0.05) is 311 Å². The van der Waals surface area contributed by atoms with Crippen molar-refractivity contribution in [2.45, 2.75) is 72.6 Å². The molecule has 24 aromatic rings. The maximum absolute atomic E-state index is 13.4. The first-order valence-corrected chi connectivity index (χ1v) is 48.4. The number of fused-ring (bicyclic) bond motifs is 15. The summed E-state index contributed by atoms with van der Waals surface area (Å²) in [5.74, 6) is 2.87. The van der Waals surface area contributed by atoms with E-state index < -0.39 is 5.63 Å². The third-order valence-electron chi connectivity index (χ3n) is 26.8. The second kappa shape index (κ2) is 40.3. The molecular formula is C127H92N2O16S. The summed E-state index contributed by atoms with van der Waals surface area (Å²) in [4.78, 5) is 79.3. The molecule has 0 unspecified atom stereocenters. The van der Waals surface area contributed by atoms with E-state index in [4.69, 9.17) is 61.8 Å². The number of carbonyl (C=O) groups is 1. The van der Waals surface area contributed by atoms with E-state index in [1.165, 1.54) is 36.8 Å². The SMILES string of the molecule is C=C(c1ccccc1)c1oc2ccc3c(C)cc(=O)oc3c2c1-c1ccccc1.CN=C(c1ccccc1)c1oc2ccc3c(C)cc(=O)oc3c2c1-c1ccccc1.Cc1cc(=O)oc2c1ccc1oc(C(=N)c3ccccc3)c(-c3ccccc3)c12.Cc1cc(=O)oc2c1ccc1oc(C(=O)c3ccccc3)c(C3CCCCC3)c12.Cc1cc(=O)oc2c1ccc1oc(C(=S)c3ccccc3)c(-c3ccccc3)c12. The van der Waals surface area contributed by atoms with Crippen molar-refractivity contribution in [1.82, 2.24) is 0 Å². The Morgan fingerprint density at radius 1 is 0.295 bits per heavy atom. The lowest BCUT2D eigenvalue weighted by Crippen LogP contribution is -2.10. The fourth-order valence-electron chi connectivity index (χ4n) is 19.9. The number of carbonyl (C=O) groups excluding carboxylic acids is 1. The molecule has 0 spiro atoms. The van der Waals surface area contributed by atoms with E-state index in [2.05, 4.69) is 11.6 Å². The molecule has 10 heterocycles. The Bertz CT molecular complexity index is 9050. The molecule has 0 bridgehead atoms. The molecule has 1 saturated carbocycles. The van der Waals surface area contributed by atoms with E-state index in [1.54, 1.807) is 7.05 Å². The maximum atomic E-state index is 13.4. The van der Waals surface area contributed by atoms with Crippen molar-refractivity contribution in [3.63, 3.8) is 0 Å². The highest BCUT2D eigenvalue weighted by Gasteiger charge is 2.34. The first-order chi connectivity index (χ1) is 71.2. The van der Waals surface area contributed by atoms with Crippen molar-refractivity contribution in [1.29, 1.82) is 5.41 Å². The molecule has 1 aliphatic carbocycles. The van der Waals surface area contributed by atoms with Crippen LogP contribution >= 0.6 is 12.2 Å². The number of aliphatic imine (C=N–C) groups is 1. The number of benzene rings is 14. The average molecular weight is 1930 g/mol. The smallest absolute Gasteiger partial charge is 0.336 e. The van der Waals surface area contributed by atoms with Crippen molar-refractivity contribution >= 4 is 150 Å². The highest BCUT2D eigenvalue weighted by molar-refractivity contribution is 7.81. The Morgan fingerprint density at radius 2 is 0.562 bits per heavy atom. The number of thiocarbonyl (C=S) groups is 1. The normalized spacial score (nSPS) is 12.2. The van der Waals surface area contributed by atoms with Gasteiger partial charge in [-0.3, -0.25) is 15.2 Å². The number of hydrogen-bond acceptors (Lipinski definition) is 19. The fraction of sp³-hybridized carbons (Fsp3) is 0.0945. The summed E-state index contributed by atoms with van der Waals surface area (Å²) >= 11 is 5.80. The van der Waals surface area contributed by atoms with Crippen LogP contribution in [0.1, 0.15) is 133 Å². The van der Waals surface area contributed by atoms with Crippen molar-refractivity contribution in [3.05, 3.63) is 513 Å². The van der Waals surface area contributed by atoms with E-state index in [0.717, 1.165) is 186 Å². The minimum Gasteiger partial charge on any atom is -0.455 e. The van der Waals surface area contributed by atoms with Crippen LogP contribution in [-0.4, -0.2) is 29.1 Å². The number of ketones is 1. The molecular weight excluding hydrogens is 1840 g/mol. The number of nitrogens with one attached hydrogen (secondary N) is 1. The van der Waals surface area contributed by atoms with Crippen LogP contribution in [0, 0.1) is 40.0 Å². The lowest BCUT2D eigenvalue weighted by atomic mass is 9.81. The standard InChI is InChI=1S/C26H19NO3.C26H18O3.C25H17NO3.C25H22O4.C25H16O3S/c1-16-15-21(28)30-25-19(16)13-14-20-23(25)22(17-9-5-3-6-10-17)26(29-20)24(27-2)18-11-7-4-8-12-18;1-16-15-22(27)29-26-20(16)13-14-21-24(26)23(19-11-7-4-8-12-19)25(28-21)17(2)18-9-5-3-6-10-18;1-15-14-20(27)29-24-18(15)12-13-19-22(24)21(16-8-4-2-5-9-16)25(28-19)23(26)17-10-6-3-7-11-17;1-15-14-20(26)29-24-18(15)12-13-19-22(24)21(16-8-4-2-5-9-16)25(28-19)23(27)17-10-6-3-7-11-17;1-15-14-20(26)28-23-18(15)12-13-19-22(23)21(16-8-4-2-5-9-16)24(27-19)25(29)17-10-6-3-7-11-17/h3-15H,1-2H3;3-15H,2H2,1H3;2-14,26H,1H3;3,6-7,10-14,16H,2,4-5,8-9H2,1H3;2-14H,1H3. The second-order valence-corrected chi connectivity index (χ2v) is 36.5. The molecule has 25 rings (SSSR count). The van der Waals surface area contributed by atoms with Gasteiger partial charge in [0.2, 0.25) is 5.78 Å². The fourth-order valence-corrected chi connectivity index (χ4v) is 20.2. The topological polar surface area (TPSA) is 270 Å². The minimum atomic E-state index is -0.401. The summed E-state index contributed by atoms with van der Waals surface area (Å²) in [5, 5.41) is 17.0. The Hall–Kier alpha value is -18.3. The van der Waals surface area contributed by atoms with Crippen LogP contribution in [0.2, 0.25) is 0 Å². The molecule has 1 N–H and O–H groups in total. The summed E-state index contributed by atoms with van der Waals surface area (Å²) in [6, 6.07) is 115. The predicted molar refractivity (Wildman–Crippen MR) is 585 cm³/mol. The van der Waals surface area contributed by atoms with Gasteiger partial charge < -0.3 is 44.2 Å². The summed E-state index contributed by atoms with van der Waals surface area (Å²) in [6.07, 6.45) is 5.49. The van der Waals surface area contributed by atoms with Gasteiger partial charge in [-0.25, -0.2) is 24.0 Å². The van der Waals surface area contributed by atoms with Gasteiger partial charge in [0, 0.05) is 114 Å². The van der Waals surface area contributed by atoms with E-state index >= 15 is 0 Å². The third-order valence-corrected chi connectivity index (χ3v) is 27.2. The first-order valence-electron chi connectivity index (χ1n) is 48.0. The molecule has 1 fully saturated rings. The quantitative estimate of drug-likeness (QED) is 0.0432. The molecule has 0 aliphatic heterocycles. The molecule has 10 aromatic heterocycles. The second-order valence-electron chi connectivity index (χ2n) is 36.1. The van der Waals surface area contributed by atoms with E-state index in [1.807, 2.05) is 368 Å². The molecule has 18 nitrogen and oxygen atoms in total. The zero-order chi connectivity index (χ0) is 100. The summed E-state index contributed by atoms with van der Waals surface area (Å²) in [5.41, 5.74) is 22.3. The summed E-state index contributed by atoms with van der Waals surface area (Å²) < 4.78 is 59.5. The van der Waals surface area contributed by atoms with Gasteiger partial charge >= 0.3 is 28.1 Å². The van der Waals surface area contributed by atoms with Crippen LogP contribution in [0.3, 0.4) is 0 Å². The van der Waals surface area contributed by atoms with Crippen LogP contribution < -0.4 is 28.1 Å². The largest absolute Gasteiger partial charge is 0.455 e. The molecule has 712 valence electrons. The molecule has 0 atom stereocenters. The highest BCUT2D eigenvalue weighted by Crippen LogP contribution is 2.49. The van der Waals surface area contributed by atoms with Gasteiger partial charge in [-0.2, -0.15) is 0 Å². The number of rotatable bonds is 15. The van der Waals surface area contributed by atoms with E-state index in [0.29, 0.717) is 100 Å². The van der Waals surface area contributed by atoms with Gasteiger partial charge in [0.15, 0.2) is 23.0 Å². The van der Waals surface area contributed by atoms with Gasteiger partial charge in [0.05, 0.1) is 31.8 Å². The Morgan fingerprint density at radius 3 is 0.918 bits per heavy atom. The monoisotopic (exact) mass is 1930 g/mol. The third kappa shape index (κ3) is 18.1. The maximum Gasteiger partial charge on any atom is 0.336 e. The van der Waals surface area contributed by atoms with Gasteiger partial charge in [-0.05, 0) is 175 Å². The Kier molecular flexibility index (Phi) is 26.0. The van der Waals surface area contributed by atoms with Crippen LogP contribution in [0.25, 0.3) is 160 Å².